The Morgan fingerprint density at radius 3 is 2.48 bits per heavy atom. The van der Waals surface area contributed by atoms with Crippen LogP contribution in [-0.2, 0) is 11.2 Å². The number of nitrogens with one attached hydrogen (secondary N) is 1. The smallest absolute Gasteiger partial charge is 0.407 e. The number of aliphatic hydroxyl groups is 1. The number of aliphatic hydroxyl groups excluding tert-OH is 1. The lowest BCUT2D eigenvalue weighted by Gasteiger charge is -2.43. The van der Waals surface area contributed by atoms with Gasteiger partial charge in [0.2, 0.25) is 0 Å². The minimum absolute atomic E-state index is 0.107. The fourth-order valence-corrected chi connectivity index (χ4v) is 5.86. The SMILES string of the molecule is CSc1ccc(C2C3=C(Oc4ccc(C[C@@H](CO)NC(=O)OC(C)(C)C)cc42)c2ccccc2OC3(C)C)cc1. The Morgan fingerprint density at radius 1 is 1.07 bits per heavy atom. The molecule has 0 aromatic heterocycles. The average Bonchev–Trinajstić information content (AvgIpc) is 2.90. The standard InChI is InChI=1S/C33H37NO5S/c1-32(2,3)39-31(36)34-22(19-35)17-20-11-16-26-25(18-20)28(21-12-14-23(40-6)15-13-21)29-30(37-26)24-9-7-8-10-27(24)38-33(29,4)5/h7-16,18,22,28,35H,17,19H2,1-6H3,(H,34,36)/t22-,28?/m0/s1. The van der Waals surface area contributed by atoms with Gasteiger partial charge < -0.3 is 24.6 Å². The molecule has 2 heterocycles. The number of para-hydroxylation sites is 1. The third-order valence-corrected chi connectivity index (χ3v) is 7.89. The summed E-state index contributed by atoms with van der Waals surface area (Å²) in [5.74, 6) is 2.33. The van der Waals surface area contributed by atoms with Crippen LogP contribution in [0, 0.1) is 0 Å². The molecule has 2 aliphatic rings. The zero-order valence-corrected chi connectivity index (χ0v) is 24.7. The molecule has 0 spiro atoms. The summed E-state index contributed by atoms with van der Waals surface area (Å²) in [6.45, 7) is 9.41. The van der Waals surface area contributed by atoms with Gasteiger partial charge in [0.25, 0.3) is 0 Å². The van der Waals surface area contributed by atoms with E-state index in [1.807, 2.05) is 57.2 Å². The van der Waals surface area contributed by atoms with Crippen molar-refractivity contribution in [1.82, 2.24) is 5.32 Å². The quantitative estimate of drug-likeness (QED) is 0.319. The molecule has 3 aromatic rings. The number of carbonyl (C=O) groups is 1. The number of ether oxygens (including phenoxy) is 3. The van der Waals surface area contributed by atoms with Gasteiger partial charge in [-0.2, -0.15) is 0 Å². The zero-order valence-electron chi connectivity index (χ0n) is 23.9. The number of rotatable bonds is 6. The zero-order chi connectivity index (χ0) is 28.7. The van der Waals surface area contributed by atoms with E-state index < -0.39 is 23.3 Å². The summed E-state index contributed by atoms with van der Waals surface area (Å²) < 4.78 is 18.6. The van der Waals surface area contributed by atoms with Crippen LogP contribution in [0.25, 0.3) is 5.76 Å². The molecule has 3 aromatic carbocycles. The minimum atomic E-state index is -0.620. The van der Waals surface area contributed by atoms with Gasteiger partial charge in [0, 0.05) is 21.9 Å². The molecule has 7 heteroatoms. The van der Waals surface area contributed by atoms with Crippen molar-refractivity contribution in [1.29, 1.82) is 0 Å². The third-order valence-electron chi connectivity index (χ3n) is 7.15. The summed E-state index contributed by atoms with van der Waals surface area (Å²) in [7, 11) is 0. The summed E-state index contributed by atoms with van der Waals surface area (Å²) in [4.78, 5) is 13.6. The van der Waals surface area contributed by atoms with Crippen LogP contribution in [0.3, 0.4) is 0 Å². The first kappa shape index (κ1) is 28.1. The molecule has 0 fully saturated rings. The highest BCUT2D eigenvalue weighted by atomic mass is 32.2. The van der Waals surface area contributed by atoms with Crippen molar-refractivity contribution in [3.05, 3.63) is 94.6 Å². The van der Waals surface area contributed by atoms with Crippen molar-refractivity contribution in [2.45, 2.75) is 69.1 Å². The molecule has 1 amide bonds. The number of benzene rings is 3. The Morgan fingerprint density at radius 2 is 1.80 bits per heavy atom. The highest BCUT2D eigenvalue weighted by Crippen LogP contribution is 2.54. The van der Waals surface area contributed by atoms with Crippen molar-refractivity contribution in [2.75, 3.05) is 12.9 Å². The lowest BCUT2D eigenvalue weighted by atomic mass is 9.73. The Kier molecular flexibility index (Phi) is 7.64. The lowest BCUT2D eigenvalue weighted by molar-refractivity contribution is 0.0482. The number of alkyl carbamates (subject to hydrolysis) is 1. The van der Waals surface area contributed by atoms with Gasteiger partial charge in [-0.1, -0.05) is 36.4 Å². The molecule has 2 atom stereocenters. The molecule has 2 N–H and O–H groups in total. The van der Waals surface area contributed by atoms with E-state index in [0.717, 1.165) is 45.1 Å². The second kappa shape index (κ2) is 10.9. The van der Waals surface area contributed by atoms with Crippen LogP contribution < -0.4 is 14.8 Å². The van der Waals surface area contributed by atoms with E-state index >= 15 is 0 Å². The fraction of sp³-hybridized carbons (Fsp3) is 0.364. The molecule has 2 aliphatic heterocycles. The monoisotopic (exact) mass is 559 g/mol. The molecule has 0 saturated carbocycles. The maximum atomic E-state index is 12.4. The second-order valence-electron chi connectivity index (χ2n) is 11.8. The van der Waals surface area contributed by atoms with E-state index in [0.29, 0.717) is 6.42 Å². The summed E-state index contributed by atoms with van der Waals surface area (Å²) >= 11 is 1.71. The van der Waals surface area contributed by atoms with E-state index in [4.69, 9.17) is 14.2 Å². The second-order valence-corrected chi connectivity index (χ2v) is 12.6. The number of hydrogen-bond acceptors (Lipinski definition) is 6. The maximum Gasteiger partial charge on any atom is 0.407 e. The Balaban J connectivity index is 1.57. The Labute approximate surface area is 240 Å². The molecular weight excluding hydrogens is 522 g/mol. The average molecular weight is 560 g/mol. The van der Waals surface area contributed by atoms with Gasteiger partial charge in [0.15, 0.2) is 0 Å². The summed E-state index contributed by atoms with van der Waals surface area (Å²) in [6.07, 6.45) is 1.97. The van der Waals surface area contributed by atoms with Crippen LogP contribution in [0.5, 0.6) is 11.5 Å². The van der Waals surface area contributed by atoms with Gasteiger partial charge in [-0.15, -0.1) is 11.8 Å². The highest BCUT2D eigenvalue weighted by Gasteiger charge is 2.45. The normalized spacial score (nSPS) is 17.9. The van der Waals surface area contributed by atoms with Crippen molar-refractivity contribution in [3.8, 4) is 11.5 Å². The highest BCUT2D eigenvalue weighted by molar-refractivity contribution is 7.98. The van der Waals surface area contributed by atoms with Crippen LogP contribution in [0.2, 0.25) is 0 Å². The molecule has 0 bridgehead atoms. The number of amides is 1. The Hall–Kier alpha value is -3.42. The van der Waals surface area contributed by atoms with E-state index in [-0.39, 0.29) is 12.5 Å². The maximum absolute atomic E-state index is 12.4. The summed E-state index contributed by atoms with van der Waals surface area (Å²) in [5.41, 5.74) is 3.92. The van der Waals surface area contributed by atoms with Crippen molar-refractivity contribution in [3.63, 3.8) is 0 Å². The van der Waals surface area contributed by atoms with Gasteiger partial charge >= 0.3 is 6.09 Å². The first-order chi connectivity index (χ1) is 19.0. The fourth-order valence-electron chi connectivity index (χ4n) is 5.45. The predicted octanol–water partition coefficient (Wildman–Crippen LogP) is 6.94. The number of fused-ring (bicyclic) bond motifs is 3. The van der Waals surface area contributed by atoms with Crippen LogP contribution in [0.4, 0.5) is 4.79 Å². The molecule has 0 saturated heterocycles. The molecule has 0 aliphatic carbocycles. The first-order valence-electron chi connectivity index (χ1n) is 13.6. The third kappa shape index (κ3) is 5.72. The molecule has 210 valence electrons. The van der Waals surface area contributed by atoms with Gasteiger partial charge in [-0.05, 0) is 88.8 Å². The van der Waals surface area contributed by atoms with E-state index in [1.54, 1.807) is 11.8 Å². The largest absolute Gasteiger partial charge is 0.483 e. The van der Waals surface area contributed by atoms with Gasteiger partial charge in [-0.3, -0.25) is 0 Å². The molecule has 1 unspecified atom stereocenters. The van der Waals surface area contributed by atoms with Crippen molar-refractivity contribution < 1.29 is 24.1 Å². The van der Waals surface area contributed by atoms with Crippen molar-refractivity contribution in [2.24, 2.45) is 0 Å². The number of thioether (sulfide) groups is 1. The molecule has 5 rings (SSSR count). The topological polar surface area (TPSA) is 77.0 Å². The van der Waals surface area contributed by atoms with Crippen molar-refractivity contribution >= 4 is 23.6 Å². The number of carbonyl (C=O) groups excluding carboxylic acids is 1. The van der Waals surface area contributed by atoms with Crippen LogP contribution in [0.15, 0.2) is 77.2 Å². The molecule has 40 heavy (non-hydrogen) atoms. The van der Waals surface area contributed by atoms with Crippen LogP contribution >= 0.6 is 11.8 Å². The minimum Gasteiger partial charge on any atom is -0.483 e. The lowest BCUT2D eigenvalue weighted by Crippen LogP contribution is -2.42. The van der Waals surface area contributed by atoms with Crippen LogP contribution in [0.1, 0.15) is 62.8 Å². The summed E-state index contributed by atoms with van der Waals surface area (Å²) in [6, 6.07) is 22.3. The number of hydrogen-bond donors (Lipinski definition) is 2. The van der Waals surface area contributed by atoms with E-state index in [1.165, 1.54) is 4.90 Å². The van der Waals surface area contributed by atoms with E-state index in [9.17, 15) is 9.90 Å². The Bertz CT molecular complexity index is 1440. The first-order valence-corrected chi connectivity index (χ1v) is 14.8. The molecular formula is C33H37NO5S. The summed E-state index contributed by atoms with van der Waals surface area (Å²) in [5, 5.41) is 12.9. The van der Waals surface area contributed by atoms with Crippen LogP contribution in [-0.4, -0.2) is 41.3 Å². The van der Waals surface area contributed by atoms with Gasteiger partial charge in [0.1, 0.15) is 28.5 Å². The molecule has 0 radical (unpaired) electrons. The predicted molar refractivity (Wildman–Crippen MR) is 159 cm³/mol. The van der Waals surface area contributed by atoms with E-state index in [2.05, 4.69) is 55.8 Å². The van der Waals surface area contributed by atoms with Gasteiger partial charge in [-0.25, -0.2) is 4.79 Å². The van der Waals surface area contributed by atoms with Gasteiger partial charge in [0.05, 0.1) is 18.2 Å². The molecule has 6 nitrogen and oxygen atoms in total.